The summed E-state index contributed by atoms with van der Waals surface area (Å²) in [5.41, 5.74) is 3.34. The van der Waals surface area contributed by atoms with Crippen molar-refractivity contribution in [3.05, 3.63) is 150 Å². The fourth-order valence-electron chi connectivity index (χ4n) is 6.31. The van der Waals surface area contributed by atoms with Gasteiger partial charge in [0.2, 0.25) is 0 Å². The first-order valence-corrected chi connectivity index (χ1v) is 15.8. The Morgan fingerprint density at radius 2 is 1.50 bits per heavy atom. The molecule has 1 fully saturated rings. The van der Waals surface area contributed by atoms with Gasteiger partial charge < -0.3 is 29.2 Å². The van der Waals surface area contributed by atoms with E-state index in [-0.39, 0.29) is 18.6 Å². The van der Waals surface area contributed by atoms with E-state index in [9.17, 15) is 9.90 Å². The van der Waals surface area contributed by atoms with Crippen molar-refractivity contribution in [1.82, 2.24) is 19.5 Å². The molecule has 0 saturated carbocycles. The maximum Gasteiger partial charge on any atom is 0.256 e. The van der Waals surface area contributed by atoms with Gasteiger partial charge in [0, 0.05) is 5.56 Å². The summed E-state index contributed by atoms with van der Waals surface area (Å²) >= 11 is 0. The second kappa shape index (κ2) is 13.7. The molecule has 10 heteroatoms. The summed E-state index contributed by atoms with van der Waals surface area (Å²) in [5.74, 6) is 0.767. The lowest BCUT2D eigenvalue weighted by molar-refractivity contribution is -0.140. The summed E-state index contributed by atoms with van der Waals surface area (Å²) in [7, 11) is 1.64. The van der Waals surface area contributed by atoms with Crippen LogP contribution in [0.15, 0.2) is 128 Å². The van der Waals surface area contributed by atoms with Gasteiger partial charge in [0.1, 0.15) is 23.8 Å². The molecule has 0 unspecified atom stereocenters. The molecule has 242 valence electrons. The average molecular weight is 642 g/mol. The number of methoxy groups -OCH3 is 1. The second-order valence-electron chi connectivity index (χ2n) is 11.6. The number of aliphatic hydroxyl groups is 1. The lowest BCUT2D eigenvalue weighted by Crippen LogP contribution is -2.45. The van der Waals surface area contributed by atoms with Crippen LogP contribution in [0.3, 0.4) is 0 Å². The van der Waals surface area contributed by atoms with E-state index in [4.69, 9.17) is 14.2 Å². The predicted molar refractivity (Wildman–Crippen MR) is 181 cm³/mol. The minimum Gasteiger partial charge on any atom is -0.497 e. The Hall–Kier alpha value is -5.42. The van der Waals surface area contributed by atoms with Gasteiger partial charge in [0.15, 0.2) is 17.0 Å². The van der Waals surface area contributed by atoms with Crippen LogP contribution in [0.4, 0.5) is 5.82 Å². The Morgan fingerprint density at radius 1 is 0.875 bits per heavy atom. The van der Waals surface area contributed by atoms with Crippen LogP contribution in [0.2, 0.25) is 0 Å². The van der Waals surface area contributed by atoms with Gasteiger partial charge in [-0.2, -0.15) is 0 Å². The maximum atomic E-state index is 12.8. The number of hydrogen-bond acceptors (Lipinski definition) is 8. The van der Waals surface area contributed by atoms with Crippen molar-refractivity contribution in [2.45, 2.75) is 30.3 Å². The van der Waals surface area contributed by atoms with Gasteiger partial charge in [-0.25, -0.2) is 15.0 Å². The molecular formula is C38H35N5O5. The number of nitrogens with zero attached hydrogens (tertiary/aromatic N) is 4. The quantitative estimate of drug-likeness (QED) is 0.181. The highest BCUT2D eigenvalue weighted by Gasteiger charge is 2.40. The number of benzene rings is 4. The largest absolute Gasteiger partial charge is 0.497 e. The molecule has 4 aromatic carbocycles. The van der Waals surface area contributed by atoms with E-state index < -0.39 is 17.8 Å². The minimum absolute atomic E-state index is 0.131. The first kappa shape index (κ1) is 31.2. The van der Waals surface area contributed by atoms with Crippen molar-refractivity contribution < 1.29 is 24.1 Å². The number of carbonyl (C=O) groups is 1. The van der Waals surface area contributed by atoms with Gasteiger partial charge in [-0.1, -0.05) is 91.0 Å². The van der Waals surface area contributed by atoms with Crippen molar-refractivity contribution in [2.75, 3.05) is 25.6 Å². The molecule has 1 aliphatic heterocycles. The van der Waals surface area contributed by atoms with Crippen LogP contribution in [0.5, 0.6) is 5.75 Å². The number of carbonyl (C=O) groups excluding carboxylic acids is 1. The summed E-state index contributed by atoms with van der Waals surface area (Å²) in [6.45, 7) is 0.435. The average Bonchev–Trinajstić information content (AvgIpc) is 3.59. The van der Waals surface area contributed by atoms with E-state index in [2.05, 4.69) is 20.3 Å². The number of anilines is 1. The van der Waals surface area contributed by atoms with Crippen LogP contribution in [-0.2, 0) is 15.1 Å². The normalized spacial score (nSPS) is 18.0. The Balaban J connectivity index is 1.12. The van der Waals surface area contributed by atoms with Crippen LogP contribution >= 0.6 is 0 Å². The second-order valence-corrected chi connectivity index (χ2v) is 11.6. The van der Waals surface area contributed by atoms with Gasteiger partial charge in [0.25, 0.3) is 5.91 Å². The lowest BCUT2D eigenvalue weighted by atomic mass is 9.80. The molecule has 7 rings (SSSR count). The number of ether oxygens (including phenoxy) is 3. The number of aliphatic hydroxyl groups excluding tert-OH is 1. The molecule has 10 nitrogen and oxygen atoms in total. The molecule has 6 aromatic rings. The standard InChI is InChI=1S/C38H35N5O5/c1-46-31-19-17-29(18-20-31)38(27-13-7-3-8-14-27,28-15-9-4-10-16-28)48-23-33-32(44)21-30(22-47-33)43-25-41-34-35(39-24-40-36(34)43)42-37(45)26-11-5-2-6-12-26/h2-20,24-25,30,32-33,44H,21-23H2,1H3,(H,39,40,42,45)/t30-,32-,33+/m0/s1. The van der Waals surface area contributed by atoms with Crippen LogP contribution in [0.25, 0.3) is 11.2 Å². The molecular weight excluding hydrogens is 606 g/mol. The summed E-state index contributed by atoms with van der Waals surface area (Å²) in [6, 6.07) is 36.7. The van der Waals surface area contributed by atoms with Crippen molar-refractivity contribution in [1.29, 1.82) is 0 Å². The molecule has 2 aromatic heterocycles. The van der Waals surface area contributed by atoms with Gasteiger partial charge in [0.05, 0.1) is 38.8 Å². The maximum absolute atomic E-state index is 12.8. The summed E-state index contributed by atoms with van der Waals surface area (Å²) in [5, 5.41) is 14.3. The van der Waals surface area contributed by atoms with Crippen molar-refractivity contribution in [3.8, 4) is 5.75 Å². The minimum atomic E-state index is -0.979. The molecule has 0 bridgehead atoms. The van der Waals surface area contributed by atoms with Gasteiger partial charge in [-0.3, -0.25) is 4.79 Å². The zero-order valence-corrected chi connectivity index (χ0v) is 26.3. The topological polar surface area (TPSA) is 121 Å². The molecule has 1 saturated heterocycles. The Bertz CT molecular complexity index is 1930. The first-order chi connectivity index (χ1) is 23.6. The zero-order valence-electron chi connectivity index (χ0n) is 26.3. The molecule has 2 N–H and O–H groups in total. The van der Waals surface area contributed by atoms with Crippen molar-refractivity contribution in [2.24, 2.45) is 0 Å². The molecule has 3 atom stereocenters. The van der Waals surface area contributed by atoms with Crippen LogP contribution in [-0.4, -0.2) is 63.1 Å². The smallest absolute Gasteiger partial charge is 0.256 e. The van der Waals surface area contributed by atoms with E-state index >= 15 is 0 Å². The van der Waals surface area contributed by atoms with E-state index in [1.807, 2.05) is 95.6 Å². The molecule has 0 aliphatic carbocycles. The van der Waals surface area contributed by atoms with E-state index in [0.29, 0.717) is 35.6 Å². The van der Waals surface area contributed by atoms with Crippen LogP contribution in [0.1, 0.15) is 39.5 Å². The number of imidazole rings is 1. The zero-order chi connectivity index (χ0) is 32.9. The van der Waals surface area contributed by atoms with E-state index in [1.165, 1.54) is 6.33 Å². The summed E-state index contributed by atoms with van der Waals surface area (Å²) < 4.78 is 20.6. The number of rotatable bonds is 10. The summed E-state index contributed by atoms with van der Waals surface area (Å²) in [4.78, 5) is 26.0. The Labute approximate surface area is 278 Å². The number of nitrogens with one attached hydrogen (secondary N) is 1. The Kier molecular flexibility index (Phi) is 8.93. The third kappa shape index (κ3) is 6.04. The van der Waals surface area contributed by atoms with E-state index in [1.54, 1.807) is 37.7 Å². The third-order valence-corrected chi connectivity index (χ3v) is 8.79. The molecule has 0 radical (unpaired) electrons. The number of aromatic nitrogens is 4. The molecule has 1 aliphatic rings. The van der Waals surface area contributed by atoms with Crippen LogP contribution < -0.4 is 10.1 Å². The highest BCUT2D eigenvalue weighted by molar-refractivity contribution is 6.06. The first-order valence-electron chi connectivity index (χ1n) is 15.8. The fraction of sp³-hybridized carbons (Fsp3) is 0.211. The number of hydrogen-bond donors (Lipinski definition) is 2. The number of amides is 1. The van der Waals surface area contributed by atoms with Gasteiger partial charge >= 0.3 is 0 Å². The molecule has 3 heterocycles. The third-order valence-electron chi connectivity index (χ3n) is 8.79. The monoisotopic (exact) mass is 641 g/mol. The van der Waals surface area contributed by atoms with Crippen molar-refractivity contribution in [3.63, 3.8) is 0 Å². The van der Waals surface area contributed by atoms with E-state index in [0.717, 1.165) is 22.4 Å². The van der Waals surface area contributed by atoms with Crippen molar-refractivity contribution >= 4 is 22.9 Å². The summed E-state index contributed by atoms with van der Waals surface area (Å²) in [6.07, 6.45) is 2.01. The number of fused-ring (bicyclic) bond motifs is 1. The molecule has 0 spiro atoms. The molecule has 48 heavy (non-hydrogen) atoms. The highest BCUT2D eigenvalue weighted by atomic mass is 16.6. The fourth-order valence-corrected chi connectivity index (χ4v) is 6.31. The van der Waals surface area contributed by atoms with Gasteiger partial charge in [-0.15, -0.1) is 0 Å². The van der Waals surface area contributed by atoms with Gasteiger partial charge in [-0.05, 0) is 47.4 Å². The van der Waals surface area contributed by atoms with Crippen LogP contribution in [0, 0.1) is 0 Å². The predicted octanol–water partition coefficient (Wildman–Crippen LogP) is 5.79. The highest BCUT2D eigenvalue weighted by Crippen LogP contribution is 2.42. The Morgan fingerprint density at radius 3 is 2.12 bits per heavy atom. The SMILES string of the molecule is COc1ccc(C(OC[C@H]2OC[C@@H](n3cnc4c(NC(=O)c5ccccc5)ncnc43)C[C@@H]2O)(c2ccccc2)c2ccccc2)cc1. The lowest BCUT2D eigenvalue weighted by Gasteiger charge is -2.39. The molecule has 1 amide bonds.